The first-order chi connectivity index (χ1) is 14.1. The van der Waals surface area contributed by atoms with E-state index in [-0.39, 0.29) is 23.4 Å². The smallest absolute Gasteiger partial charge is 0.387 e. The summed E-state index contributed by atoms with van der Waals surface area (Å²) in [5.41, 5.74) is 6.27. The summed E-state index contributed by atoms with van der Waals surface area (Å²) in [6, 6.07) is 8.95. The average molecular weight is 419 g/mol. The third-order valence-corrected chi connectivity index (χ3v) is 5.35. The lowest BCUT2D eigenvalue weighted by molar-refractivity contribution is -0.129. The van der Waals surface area contributed by atoms with Gasteiger partial charge in [-0.25, -0.2) is 9.38 Å². The minimum Gasteiger partial charge on any atom is -0.435 e. The number of carbonyl (C=O) groups excluding carboxylic acids is 1. The van der Waals surface area contributed by atoms with E-state index in [0.29, 0.717) is 28.7 Å². The Morgan fingerprint density at radius 1 is 1.17 bits per heavy atom. The third-order valence-electron chi connectivity index (χ3n) is 5.35. The quantitative estimate of drug-likeness (QED) is 0.765. The van der Waals surface area contributed by atoms with Crippen molar-refractivity contribution in [3.05, 3.63) is 64.5 Å². The fourth-order valence-corrected chi connectivity index (χ4v) is 3.69. The number of guanidine groups is 1. The van der Waals surface area contributed by atoms with Crippen LogP contribution in [0.25, 0.3) is 0 Å². The van der Waals surface area contributed by atoms with E-state index in [9.17, 15) is 18.0 Å². The Hall–Kier alpha value is -3.03. The lowest BCUT2D eigenvalue weighted by atomic mass is 9.80. The van der Waals surface area contributed by atoms with E-state index in [1.165, 1.54) is 36.2 Å². The first-order valence-corrected chi connectivity index (χ1v) is 9.63. The van der Waals surface area contributed by atoms with Crippen LogP contribution < -0.4 is 10.5 Å². The molecule has 5 nitrogen and oxygen atoms in total. The molecule has 1 heterocycles. The van der Waals surface area contributed by atoms with Crippen molar-refractivity contribution in [2.75, 3.05) is 7.05 Å². The van der Waals surface area contributed by atoms with E-state index in [1.807, 2.05) is 13.8 Å². The average Bonchev–Trinajstić information content (AvgIpc) is 2.93. The zero-order valence-electron chi connectivity index (χ0n) is 17.2. The normalized spacial score (nSPS) is 19.0. The molecule has 30 heavy (non-hydrogen) atoms. The second-order valence-electron chi connectivity index (χ2n) is 7.49. The summed E-state index contributed by atoms with van der Waals surface area (Å²) in [5.74, 6) is -0.864. The Labute approximate surface area is 173 Å². The summed E-state index contributed by atoms with van der Waals surface area (Å²) in [6.45, 7) is 2.52. The van der Waals surface area contributed by atoms with Crippen LogP contribution in [-0.2, 0) is 16.8 Å². The van der Waals surface area contributed by atoms with Gasteiger partial charge in [0.1, 0.15) is 11.6 Å². The Balaban J connectivity index is 2.26. The van der Waals surface area contributed by atoms with Gasteiger partial charge in [0.25, 0.3) is 5.91 Å². The molecule has 3 rings (SSSR count). The van der Waals surface area contributed by atoms with Gasteiger partial charge in [0.15, 0.2) is 11.5 Å². The van der Waals surface area contributed by atoms with E-state index in [1.54, 1.807) is 19.1 Å². The van der Waals surface area contributed by atoms with Crippen molar-refractivity contribution >= 4 is 11.9 Å². The van der Waals surface area contributed by atoms with Crippen molar-refractivity contribution in [3.8, 4) is 5.75 Å². The topological polar surface area (TPSA) is 67.9 Å². The minimum atomic E-state index is -2.96. The van der Waals surface area contributed by atoms with Gasteiger partial charge in [0.2, 0.25) is 0 Å². The number of halogens is 3. The van der Waals surface area contributed by atoms with Crippen LogP contribution >= 0.6 is 0 Å². The molecule has 2 aromatic carbocycles. The highest BCUT2D eigenvalue weighted by Gasteiger charge is 2.50. The molecule has 0 radical (unpaired) electrons. The fraction of sp³-hybridized carbons (Fsp3) is 0.364. The predicted molar refractivity (Wildman–Crippen MR) is 108 cm³/mol. The zero-order valence-corrected chi connectivity index (χ0v) is 17.2. The lowest BCUT2D eigenvalue weighted by Crippen LogP contribution is -2.41. The molecule has 160 valence electrons. The van der Waals surface area contributed by atoms with Crippen molar-refractivity contribution in [1.82, 2.24) is 4.90 Å². The van der Waals surface area contributed by atoms with Gasteiger partial charge in [-0.15, -0.1) is 0 Å². The lowest BCUT2D eigenvalue weighted by Gasteiger charge is -2.28. The first-order valence-electron chi connectivity index (χ1n) is 9.63. The molecular formula is C22H24F3N3O2. The number of carbonyl (C=O) groups is 1. The number of benzene rings is 2. The number of likely N-dealkylation sites (N-methyl/N-ethyl adjacent to an activating group) is 1. The molecule has 8 heteroatoms. The van der Waals surface area contributed by atoms with Crippen LogP contribution in [0.2, 0.25) is 0 Å². The van der Waals surface area contributed by atoms with Crippen LogP contribution in [0.3, 0.4) is 0 Å². The molecule has 0 aliphatic carbocycles. The third kappa shape index (κ3) is 3.51. The predicted octanol–water partition coefficient (Wildman–Crippen LogP) is 4.14. The highest BCUT2D eigenvalue weighted by molar-refractivity contribution is 6.09. The molecule has 0 saturated heterocycles. The van der Waals surface area contributed by atoms with Gasteiger partial charge in [0.05, 0.1) is 0 Å². The number of rotatable bonds is 6. The molecule has 0 saturated carbocycles. The molecule has 1 aliphatic heterocycles. The van der Waals surface area contributed by atoms with E-state index in [0.717, 1.165) is 0 Å². The molecule has 0 spiro atoms. The molecule has 1 unspecified atom stereocenters. The summed E-state index contributed by atoms with van der Waals surface area (Å²) in [7, 11) is 1.50. The van der Waals surface area contributed by atoms with Crippen LogP contribution in [0.1, 0.15) is 48.9 Å². The number of aliphatic imine (C=N–C) groups is 1. The summed E-state index contributed by atoms with van der Waals surface area (Å²) in [6.07, 6.45) is 0.399. The van der Waals surface area contributed by atoms with Crippen molar-refractivity contribution in [2.45, 2.75) is 45.3 Å². The van der Waals surface area contributed by atoms with Crippen LogP contribution in [-0.4, -0.2) is 30.4 Å². The summed E-state index contributed by atoms with van der Waals surface area (Å²) in [4.78, 5) is 19.1. The maximum Gasteiger partial charge on any atom is 0.387 e. The van der Waals surface area contributed by atoms with E-state index in [4.69, 9.17) is 5.73 Å². The van der Waals surface area contributed by atoms with Gasteiger partial charge < -0.3 is 10.5 Å². The summed E-state index contributed by atoms with van der Waals surface area (Å²) in [5, 5.41) is 0. The van der Waals surface area contributed by atoms with E-state index >= 15 is 0 Å². The molecule has 0 fully saturated rings. The number of hydrogen-bond acceptors (Lipinski definition) is 4. The second kappa shape index (κ2) is 8.01. The minimum absolute atomic E-state index is 0.0152. The van der Waals surface area contributed by atoms with Gasteiger partial charge in [-0.05, 0) is 58.9 Å². The number of hydrogen-bond donors (Lipinski definition) is 1. The van der Waals surface area contributed by atoms with Crippen LogP contribution in [0.4, 0.5) is 13.2 Å². The van der Waals surface area contributed by atoms with Crippen molar-refractivity contribution in [2.24, 2.45) is 10.7 Å². The number of ether oxygens (including phenoxy) is 1. The number of alkyl halides is 2. The highest BCUT2D eigenvalue weighted by Crippen LogP contribution is 2.42. The molecule has 1 aliphatic rings. The van der Waals surface area contributed by atoms with Crippen LogP contribution in [0.5, 0.6) is 5.75 Å². The summed E-state index contributed by atoms with van der Waals surface area (Å²) >= 11 is 0. The fourth-order valence-electron chi connectivity index (χ4n) is 3.69. The van der Waals surface area contributed by atoms with Crippen LogP contribution in [0.15, 0.2) is 41.4 Å². The maximum atomic E-state index is 14.3. The molecule has 1 amide bonds. The molecular weight excluding hydrogens is 395 g/mol. The number of aryl methyl sites for hydroxylation is 1. The Bertz CT molecular complexity index is 1010. The largest absolute Gasteiger partial charge is 0.435 e. The Kier molecular flexibility index (Phi) is 5.78. The Morgan fingerprint density at radius 3 is 2.33 bits per heavy atom. The van der Waals surface area contributed by atoms with Crippen molar-refractivity contribution < 1.29 is 22.7 Å². The zero-order chi connectivity index (χ0) is 22.2. The van der Waals surface area contributed by atoms with Crippen molar-refractivity contribution in [3.63, 3.8) is 0 Å². The second-order valence-corrected chi connectivity index (χ2v) is 7.49. The molecule has 0 aromatic heterocycles. The SMILES string of the molecule is CCc1cc(C2(c3ccc(F)c(C(C)C)c3)N=C(N)N(C)C2=O)ccc1OC(F)F. The van der Waals surface area contributed by atoms with E-state index in [2.05, 4.69) is 9.73 Å². The number of nitrogens with two attached hydrogens (primary N) is 1. The van der Waals surface area contributed by atoms with Gasteiger partial charge in [-0.3, -0.25) is 9.69 Å². The van der Waals surface area contributed by atoms with Gasteiger partial charge in [-0.2, -0.15) is 8.78 Å². The Morgan fingerprint density at radius 2 is 1.80 bits per heavy atom. The van der Waals surface area contributed by atoms with Crippen LogP contribution in [0, 0.1) is 5.82 Å². The highest BCUT2D eigenvalue weighted by atomic mass is 19.3. The molecule has 2 aromatic rings. The monoisotopic (exact) mass is 419 g/mol. The number of nitrogens with zero attached hydrogens (tertiary/aromatic N) is 2. The first kappa shape index (κ1) is 21.7. The number of amides is 1. The molecule has 1 atom stereocenters. The van der Waals surface area contributed by atoms with Gasteiger partial charge in [-0.1, -0.05) is 32.9 Å². The van der Waals surface area contributed by atoms with Gasteiger partial charge >= 0.3 is 6.61 Å². The molecule has 2 N–H and O–H groups in total. The standard InChI is InChI=1S/C22H24F3N3O2/c1-5-13-10-14(7-9-18(13)30-20(24)25)22(19(29)28(4)21(26)27-22)15-6-8-17(23)16(11-15)12(2)3/h6-12,20H,5H2,1-4H3,(H2,26,27). The van der Waals surface area contributed by atoms with E-state index < -0.39 is 18.1 Å². The maximum absolute atomic E-state index is 14.3. The molecule has 0 bridgehead atoms. The summed E-state index contributed by atoms with van der Waals surface area (Å²) < 4.78 is 44.4. The van der Waals surface area contributed by atoms with Crippen molar-refractivity contribution in [1.29, 1.82) is 0 Å². The van der Waals surface area contributed by atoms with Gasteiger partial charge in [0, 0.05) is 7.05 Å².